The molecule has 1 aromatic heterocycles. The van der Waals surface area contributed by atoms with Crippen LogP contribution in [0.25, 0.3) is 0 Å². The number of pyridine rings is 1. The highest BCUT2D eigenvalue weighted by Gasteiger charge is 2.41. The van der Waals surface area contributed by atoms with Crippen molar-refractivity contribution >= 4 is 23.3 Å². The van der Waals surface area contributed by atoms with Crippen molar-refractivity contribution in [2.75, 3.05) is 5.32 Å². The number of para-hydroxylation sites is 1. The summed E-state index contributed by atoms with van der Waals surface area (Å²) in [5.41, 5.74) is 0.339. The second-order valence-corrected chi connectivity index (χ2v) is 9.45. The standard InChI is InChI=1S/C26H28N4O5/c1-25(2,3)35-24(31)29-26(16-7-17-26)18-10-12-19(13-11-18)27-23-21(30(32)33)14-15-22(28-23)34-20-8-5-4-6-9-20/h4-6,8-15H,7,16-17H2,1-3H3,(H,27,28)(H,29,31). The molecular formula is C26H28N4O5. The molecule has 1 heterocycles. The van der Waals surface area contributed by atoms with Crippen molar-refractivity contribution in [3.8, 4) is 11.6 Å². The Bertz CT molecular complexity index is 1200. The van der Waals surface area contributed by atoms with Crippen molar-refractivity contribution in [3.05, 3.63) is 82.4 Å². The van der Waals surface area contributed by atoms with Crippen molar-refractivity contribution in [2.45, 2.75) is 51.2 Å². The van der Waals surface area contributed by atoms with E-state index >= 15 is 0 Å². The van der Waals surface area contributed by atoms with Crippen LogP contribution < -0.4 is 15.4 Å². The molecule has 1 fully saturated rings. The normalized spacial score (nSPS) is 14.4. The first-order valence-electron chi connectivity index (χ1n) is 11.4. The monoisotopic (exact) mass is 476 g/mol. The maximum absolute atomic E-state index is 12.4. The number of hydrogen-bond acceptors (Lipinski definition) is 7. The zero-order valence-corrected chi connectivity index (χ0v) is 19.9. The molecule has 1 saturated carbocycles. The molecule has 9 nitrogen and oxygen atoms in total. The lowest BCUT2D eigenvalue weighted by Crippen LogP contribution is -2.52. The third kappa shape index (κ3) is 5.87. The van der Waals surface area contributed by atoms with Gasteiger partial charge >= 0.3 is 11.8 Å². The molecule has 182 valence electrons. The predicted octanol–water partition coefficient (Wildman–Crippen LogP) is 6.43. The third-order valence-corrected chi connectivity index (χ3v) is 5.66. The summed E-state index contributed by atoms with van der Waals surface area (Å²) in [4.78, 5) is 27.7. The largest absolute Gasteiger partial charge is 0.444 e. The first kappa shape index (κ1) is 24.0. The van der Waals surface area contributed by atoms with Gasteiger partial charge in [0, 0.05) is 17.8 Å². The van der Waals surface area contributed by atoms with Gasteiger partial charge in [-0.1, -0.05) is 30.3 Å². The Hall–Kier alpha value is -4.14. The average Bonchev–Trinajstić information content (AvgIpc) is 2.76. The molecule has 0 saturated heterocycles. The summed E-state index contributed by atoms with van der Waals surface area (Å²) in [5.74, 6) is 0.879. The molecule has 3 aromatic rings. The van der Waals surface area contributed by atoms with Crippen molar-refractivity contribution < 1.29 is 19.2 Å². The predicted molar refractivity (Wildman–Crippen MR) is 132 cm³/mol. The molecule has 1 amide bonds. The summed E-state index contributed by atoms with van der Waals surface area (Å²) in [6, 6.07) is 19.3. The quantitative estimate of drug-likeness (QED) is 0.298. The lowest BCUT2D eigenvalue weighted by atomic mass is 9.72. The number of amides is 1. The molecular weight excluding hydrogens is 448 g/mol. The van der Waals surface area contributed by atoms with Crippen LogP contribution in [0.2, 0.25) is 0 Å². The van der Waals surface area contributed by atoms with Gasteiger partial charge in [-0.2, -0.15) is 4.98 Å². The fourth-order valence-corrected chi connectivity index (χ4v) is 3.86. The number of nitro groups is 1. The van der Waals surface area contributed by atoms with Gasteiger partial charge in [0.1, 0.15) is 11.4 Å². The molecule has 1 aliphatic carbocycles. The average molecular weight is 477 g/mol. The highest BCUT2D eigenvalue weighted by Crippen LogP contribution is 2.42. The molecule has 0 aliphatic heterocycles. The van der Waals surface area contributed by atoms with E-state index in [0.29, 0.717) is 11.4 Å². The zero-order chi connectivity index (χ0) is 25.1. The Labute approximate surface area is 203 Å². The van der Waals surface area contributed by atoms with E-state index < -0.39 is 22.2 Å². The Morgan fingerprint density at radius 2 is 1.71 bits per heavy atom. The van der Waals surface area contributed by atoms with Crippen LogP contribution in [0.4, 0.5) is 22.0 Å². The highest BCUT2D eigenvalue weighted by molar-refractivity contribution is 5.70. The summed E-state index contributed by atoms with van der Waals surface area (Å²) >= 11 is 0. The number of anilines is 2. The molecule has 4 rings (SSSR count). The smallest absolute Gasteiger partial charge is 0.408 e. The zero-order valence-electron chi connectivity index (χ0n) is 19.9. The maximum Gasteiger partial charge on any atom is 0.408 e. The van der Waals surface area contributed by atoms with Crippen LogP contribution in [-0.2, 0) is 10.3 Å². The number of carbonyl (C=O) groups excluding carboxylic acids is 1. The van der Waals surface area contributed by atoms with Gasteiger partial charge in [-0.05, 0) is 69.9 Å². The van der Waals surface area contributed by atoms with Crippen molar-refractivity contribution in [2.24, 2.45) is 0 Å². The molecule has 2 N–H and O–H groups in total. The molecule has 9 heteroatoms. The van der Waals surface area contributed by atoms with E-state index in [1.54, 1.807) is 12.1 Å². The first-order valence-corrected chi connectivity index (χ1v) is 11.4. The van der Waals surface area contributed by atoms with Gasteiger partial charge in [-0.25, -0.2) is 4.79 Å². The van der Waals surface area contributed by atoms with Gasteiger partial charge in [-0.3, -0.25) is 10.1 Å². The molecule has 1 aliphatic rings. The first-order chi connectivity index (χ1) is 16.6. The second kappa shape index (κ2) is 9.61. The lowest BCUT2D eigenvalue weighted by molar-refractivity contribution is -0.384. The number of ether oxygens (including phenoxy) is 2. The van der Waals surface area contributed by atoms with E-state index in [2.05, 4.69) is 15.6 Å². The molecule has 0 bridgehead atoms. The van der Waals surface area contributed by atoms with Crippen LogP contribution in [0.15, 0.2) is 66.7 Å². The maximum atomic E-state index is 12.4. The van der Waals surface area contributed by atoms with Crippen LogP contribution in [0, 0.1) is 10.1 Å². The van der Waals surface area contributed by atoms with Gasteiger partial charge in [0.25, 0.3) is 0 Å². The lowest BCUT2D eigenvalue weighted by Gasteiger charge is -2.43. The molecule has 0 unspecified atom stereocenters. The van der Waals surface area contributed by atoms with E-state index in [4.69, 9.17) is 9.47 Å². The number of alkyl carbamates (subject to hydrolysis) is 1. The van der Waals surface area contributed by atoms with E-state index in [-0.39, 0.29) is 17.4 Å². The summed E-state index contributed by atoms with van der Waals surface area (Å²) < 4.78 is 11.2. The summed E-state index contributed by atoms with van der Waals surface area (Å²) in [6.07, 6.45) is 2.17. The number of rotatable bonds is 7. The van der Waals surface area contributed by atoms with Gasteiger partial charge in [0.2, 0.25) is 11.7 Å². The highest BCUT2D eigenvalue weighted by atomic mass is 16.6. The molecule has 0 radical (unpaired) electrons. The van der Waals surface area contributed by atoms with Crippen molar-refractivity contribution in [1.82, 2.24) is 10.3 Å². The minimum Gasteiger partial charge on any atom is -0.444 e. The number of benzene rings is 2. The molecule has 0 atom stereocenters. The van der Waals surface area contributed by atoms with Gasteiger partial charge in [0.15, 0.2) is 0 Å². The summed E-state index contributed by atoms with van der Waals surface area (Å²) in [7, 11) is 0. The van der Waals surface area contributed by atoms with Crippen LogP contribution in [0.5, 0.6) is 11.6 Å². The molecule has 0 spiro atoms. The van der Waals surface area contributed by atoms with Gasteiger partial charge < -0.3 is 20.1 Å². The van der Waals surface area contributed by atoms with E-state index in [1.165, 1.54) is 12.1 Å². The van der Waals surface area contributed by atoms with Gasteiger partial charge in [0.05, 0.1) is 10.5 Å². The number of nitrogens with zero attached hydrogens (tertiary/aromatic N) is 2. The Balaban J connectivity index is 1.52. The van der Waals surface area contributed by atoms with Crippen LogP contribution in [-0.4, -0.2) is 21.6 Å². The van der Waals surface area contributed by atoms with E-state index in [9.17, 15) is 14.9 Å². The number of carbonyl (C=O) groups is 1. The molecule has 35 heavy (non-hydrogen) atoms. The number of aromatic nitrogens is 1. The fraction of sp³-hybridized carbons (Fsp3) is 0.308. The minimum atomic E-state index is -0.580. The minimum absolute atomic E-state index is 0.0708. The second-order valence-electron chi connectivity index (χ2n) is 9.45. The SMILES string of the molecule is CC(C)(C)OC(=O)NC1(c2ccc(Nc3nc(Oc4ccccc4)ccc3[N+](=O)[O-])cc2)CCC1. The topological polar surface area (TPSA) is 116 Å². The number of nitrogens with one attached hydrogen (secondary N) is 2. The van der Waals surface area contributed by atoms with E-state index in [1.807, 2.05) is 63.2 Å². The summed E-state index contributed by atoms with van der Waals surface area (Å²) in [5, 5.41) is 17.6. The summed E-state index contributed by atoms with van der Waals surface area (Å²) in [6.45, 7) is 5.48. The van der Waals surface area contributed by atoms with Crippen molar-refractivity contribution in [1.29, 1.82) is 0 Å². The van der Waals surface area contributed by atoms with E-state index in [0.717, 1.165) is 24.8 Å². The Morgan fingerprint density at radius 3 is 2.29 bits per heavy atom. The van der Waals surface area contributed by atoms with Crippen LogP contribution >= 0.6 is 0 Å². The Morgan fingerprint density at radius 1 is 1.03 bits per heavy atom. The van der Waals surface area contributed by atoms with Gasteiger partial charge in [-0.15, -0.1) is 0 Å². The molecule has 2 aromatic carbocycles. The van der Waals surface area contributed by atoms with Crippen molar-refractivity contribution in [3.63, 3.8) is 0 Å². The number of hydrogen-bond donors (Lipinski definition) is 2. The fourth-order valence-electron chi connectivity index (χ4n) is 3.86. The Kier molecular flexibility index (Phi) is 6.59. The van der Waals surface area contributed by atoms with Crippen LogP contribution in [0.1, 0.15) is 45.6 Å². The van der Waals surface area contributed by atoms with Crippen LogP contribution in [0.3, 0.4) is 0 Å². The third-order valence-electron chi connectivity index (χ3n) is 5.66.